The van der Waals surface area contributed by atoms with Gasteiger partial charge in [0.15, 0.2) is 0 Å². The van der Waals surface area contributed by atoms with Crippen molar-refractivity contribution in [2.45, 2.75) is 64.5 Å². The van der Waals surface area contributed by atoms with Crippen LogP contribution in [0.25, 0.3) is 0 Å². The Labute approximate surface area is 128 Å². The highest BCUT2D eigenvalue weighted by molar-refractivity contribution is 5.38. The van der Waals surface area contributed by atoms with Crippen molar-refractivity contribution in [2.24, 2.45) is 0 Å². The molecule has 2 atom stereocenters. The maximum atomic E-state index is 9.43. The molecule has 1 aliphatic carbocycles. The van der Waals surface area contributed by atoms with Crippen LogP contribution in [-0.4, -0.2) is 18.2 Å². The van der Waals surface area contributed by atoms with Crippen molar-refractivity contribution in [3.63, 3.8) is 0 Å². The number of nitrogens with zero attached hydrogens (tertiary/aromatic N) is 1. The van der Waals surface area contributed by atoms with Gasteiger partial charge in [-0.15, -0.1) is 0 Å². The lowest BCUT2D eigenvalue weighted by Crippen LogP contribution is -2.42. The van der Waals surface area contributed by atoms with E-state index >= 15 is 0 Å². The van der Waals surface area contributed by atoms with E-state index in [1.165, 1.54) is 5.56 Å². The van der Waals surface area contributed by atoms with Gasteiger partial charge >= 0.3 is 0 Å². The third kappa shape index (κ3) is 3.57. The van der Waals surface area contributed by atoms with E-state index in [0.29, 0.717) is 5.92 Å². The van der Waals surface area contributed by atoms with Gasteiger partial charge in [0.25, 0.3) is 0 Å². The van der Waals surface area contributed by atoms with Gasteiger partial charge in [-0.3, -0.25) is 5.32 Å². The normalized spacial score (nSPS) is 25.0. The molecule has 1 fully saturated rings. The first-order valence-electron chi connectivity index (χ1n) is 7.93. The van der Waals surface area contributed by atoms with Crippen molar-refractivity contribution in [1.82, 2.24) is 5.32 Å². The minimum atomic E-state index is -0.400. The van der Waals surface area contributed by atoms with Crippen LogP contribution in [0.1, 0.15) is 57.1 Å². The number of hydrogen-bond donors (Lipinski definition) is 1. The van der Waals surface area contributed by atoms with Crippen LogP contribution in [0.5, 0.6) is 5.75 Å². The van der Waals surface area contributed by atoms with Crippen LogP contribution in [-0.2, 0) is 0 Å². The predicted octanol–water partition coefficient (Wildman–Crippen LogP) is 3.92. The van der Waals surface area contributed by atoms with Crippen LogP contribution in [0, 0.1) is 18.3 Å². The molecule has 0 bridgehead atoms. The summed E-state index contributed by atoms with van der Waals surface area (Å²) in [6, 6.07) is 8.89. The molecule has 1 aromatic carbocycles. The van der Waals surface area contributed by atoms with Gasteiger partial charge in [-0.1, -0.05) is 32.9 Å². The molecule has 0 aromatic heterocycles. The molecule has 0 saturated heterocycles. The van der Waals surface area contributed by atoms with E-state index in [-0.39, 0.29) is 6.10 Å². The second kappa shape index (κ2) is 6.49. The Morgan fingerprint density at radius 3 is 2.86 bits per heavy atom. The van der Waals surface area contributed by atoms with Gasteiger partial charge in [-0.25, -0.2) is 0 Å². The average molecular weight is 286 g/mol. The summed E-state index contributed by atoms with van der Waals surface area (Å²) in [5.74, 6) is 1.47. The summed E-state index contributed by atoms with van der Waals surface area (Å²) >= 11 is 0. The van der Waals surface area contributed by atoms with Crippen molar-refractivity contribution in [2.75, 3.05) is 6.54 Å². The number of aryl methyl sites for hydroxylation is 1. The van der Waals surface area contributed by atoms with Crippen LogP contribution < -0.4 is 10.1 Å². The zero-order valence-corrected chi connectivity index (χ0v) is 13.6. The third-order valence-electron chi connectivity index (χ3n) is 4.37. The molecule has 1 N–H and O–H groups in total. The van der Waals surface area contributed by atoms with Gasteiger partial charge in [0.1, 0.15) is 17.4 Å². The van der Waals surface area contributed by atoms with E-state index in [2.05, 4.69) is 50.4 Å². The van der Waals surface area contributed by atoms with Crippen LogP contribution >= 0.6 is 0 Å². The van der Waals surface area contributed by atoms with Gasteiger partial charge in [-0.05, 0) is 49.4 Å². The number of benzene rings is 1. The van der Waals surface area contributed by atoms with E-state index in [4.69, 9.17) is 4.74 Å². The molecular weight excluding hydrogens is 260 g/mol. The molecule has 2 rings (SSSR count). The van der Waals surface area contributed by atoms with Crippen molar-refractivity contribution < 1.29 is 4.74 Å². The second-order valence-corrected chi connectivity index (χ2v) is 6.39. The molecule has 1 aliphatic rings. The summed E-state index contributed by atoms with van der Waals surface area (Å²) in [6.07, 6.45) is 2.70. The summed E-state index contributed by atoms with van der Waals surface area (Å²) < 4.78 is 6.21. The predicted molar refractivity (Wildman–Crippen MR) is 85.6 cm³/mol. The fourth-order valence-electron chi connectivity index (χ4n) is 3.02. The summed E-state index contributed by atoms with van der Waals surface area (Å²) in [5.41, 5.74) is 2.06. The summed E-state index contributed by atoms with van der Waals surface area (Å²) in [6.45, 7) is 9.33. The fraction of sp³-hybridized carbons (Fsp3) is 0.611. The van der Waals surface area contributed by atoms with Crippen LogP contribution in [0.3, 0.4) is 0 Å². The fourth-order valence-corrected chi connectivity index (χ4v) is 3.02. The number of nitrogens with one attached hydrogen (secondary N) is 1. The number of hydrogen-bond acceptors (Lipinski definition) is 3. The Balaban J connectivity index is 2.10. The first kappa shape index (κ1) is 15.9. The van der Waals surface area contributed by atoms with Gasteiger partial charge < -0.3 is 4.74 Å². The number of ether oxygens (including phenoxy) is 1. The molecule has 3 heteroatoms. The van der Waals surface area contributed by atoms with E-state index in [1.807, 2.05) is 6.92 Å². The van der Waals surface area contributed by atoms with E-state index in [9.17, 15) is 5.26 Å². The third-order valence-corrected chi connectivity index (χ3v) is 4.37. The van der Waals surface area contributed by atoms with Crippen LogP contribution in [0.2, 0.25) is 0 Å². The summed E-state index contributed by atoms with van der Waals surface area (Å²) in [4.78, 5) is 0. The first-order chi connectivity index (χ1) is 9.99. The largest absolute Gasteiger partial charge is 0.490 e. The molecule has 0 radical (unpaired) electrons. The lowest BCUT2D eigenvalue weighted by Gasteiger charge is -2.22. The van der Waals surface area contributed by atoms with Crippen molar-refractivity contribution in [1.29, 1.82) is 5.26 Å². The molecule has 0 heterocycles. The lowest BCUT2D eigenvalue weighted by atomic mass is 9.99. The maximum absolute atomic E-state index is 9.43. The summed E-state index contributed by atoms with van der Waals surface area (Å²) in [5, 5.41) is 12.8. The summed E-state index contributed by atoms with van der Waals surface area (Å²) in [7, 11) is 0. The van der Waals surface area contributed by atoms with Crippen molar-refractivity contribution in [3.05, 3.63) is 29.3 Å². The Kier molecular flexibility index (Phi) is 4.90. The molecule has 1 aromatic rings. The SMILES string of the molecule is CCNC1(C#N)CCC(Oc2cc(C(C)C)ccc2C)C1. The highest BCUT2D eigenvalue weighted by Gasteiger charge is 2.40. The Hall–Kier alpha value is -1.53. The lowest BCUT2D eigenvalue weighted by molar-refractivity contribution is 0.199. The molecule has 0 amide bonds. The van der Waals surface area contributed by atoms with E-state index in [0.717, 1.165) is 37.1 Å². The second-order valence-electron chi connectivity index (χ2n) is 6.39. The molecular formula is C18H26N2O. The minimum Gasteiger partial charge on any atom is -0.490 e. The molecule has 21 heavy (non-hydrogen) atoms. The Morgan fingerprint density at radius 2 is 2.24 bits per heavy atom. The van der Waals surface area contributed by atoms with E-state index < -0.39 is 5.54 Å². The molecule has 0 aliphatic heterocycles. The Bertz CT molecular complexity index is 533. The monoisotopic (exact) mass is 286 g/mol. The highest BCUT2D eigenvalue weighted by atomic mass is 16.5. The maximum Gasteiger partial charge on any atom is 0.122 e. The smallest absolute Gasteiger partial charge is 0.122 e. The number of nitriles is 1. The molecule has 0 spiro atoms. The van der Waals surface area contributed by atoms with Crippen LogP contribution in [0.4, 0.5) is 0 Å². The zero-order valence-electron chi connectivity index (χ0n) is 13.6. The average Bonchev–Trinajstić information content (AvgIpc) is 2.85. The molecule has 3 nitrogen and oxygen atoms in total. The standard InChI is InChI=1S/C18H26N2O/c1-5-20-18(12-19)9-8-16(11-18)21-17-10-15(13(2)3)7-6-14(17)4/h6-7,10,13,16,20H,5,8-9,11H2,1-4H3. The molecule has 114 valence electrons. The van der Waals surface area contributed by atoms with Crippen molar-refractivity contribution >= 4 is 0 Å². The van der Waals surface area contributed by atoms with Gasteiger partial charge in [0.2, 0.25) is 0 Å². The Morgan fingerprint density at radius 1 is 1.48 bits per heavy atom. The van der Waals surface area contributed by atoms with E-state index in [1.54, 1.807) is 0 Å². The van der Waals surface area contributed by atoms with Gasteiger partial charge in [-0.2, -0.15) is 5.26 Å². The first-order valence-corrected chi connectivity index (χ1v) is 7.93. The molecule has 1 saturated carbocycles. The van der Waals surface area contributed by atoms with Gasteiger partial charge in [0, 0.05) is 6.42 Å². The zero-order chi connectivity index (χ0) is 15.5. The van der Waals surface area contributed by atoms with Crippen LogP contribution in [0.15, 0.2) is 18.2 Å². The quantitative estimate of drug-likeness (QED) is 0.892. The minimum absolute atomic E-state index is 0.129. The highest BCUT2D eigenvalue weighted by Crippen LogP contribution is 2.34. The van der Waals surface area contributed by atoms with Gasteiger partial charge in [0.05, 0.1) is 6.07 Å². The number of rotatable bonds is 5. The molecule has 2 unspecified atom stereocenters. The topological polar surface area (TPSA) is 45.0 Å². The van der Waals surface area contributed by atoms with Crippen molar-refractivity contribution in [3.8, 4) is 11.8 Å².